The van der Waals surface area contributed by atoms with Crippen LogP contribution < -0.4 is 5.32 Å². The van der Waals surface area contributed by atoms with Gasteiger partial charge in [-0.05, 0) is 29.8 Å². The van der Waals surface area contributed by atoms with Gasteiger partial charge in [0.2, 0.25) is 0 Å². The lowest BCUT2D eigenvalue weighted by Crippen LogP contribution is -2.23. The Labute approximate surface area is 124 Å². The molecule has 0 spiro atoms. The zero-order valence-electron chi connectivity index (χ0n) is 10.5. The van der Waals surface area contributed by atoms with Crippen molar-refractivity contribution in [3.05, 3.63) is 64.0 Å². The average molecular weight is 331 g/mol. The van der Waals surface area contributed by atoms with Gasteiger partial charge in [-0.1, -0.05) is 34.1 Å². The van der Waals surface area contributed by atoms with Gasteiger partial charge >= 0.3 is 0 Å². The van der Waals surface area contributed by atoms with Gasteiger partial charge in [0.15, 0.2) is 0 Å². The fourth-order valence-electron chi connectivity index (χ4n) is 1.57. The van der Waals surface area contributed by atoms with Crippen molar-refractivity contribution < 1.29 is 9.21 Å². The lowest BCUT2D eigenvalue weighted by atomic mass is 10.1. The van der Waals surface area contributed by atoms with Gasteiger partial charge in [-0.2, -0.15) is 5.26 Å². The summed E-state index contributed by atoms with van der Waals surface area (Å²) in [6.07, 6.45) is 3.07. The van der Waals surface area contributed by atoms with E-state index in [1.54, 1.807) is 18.2 Å². The van der Waals surface area contributed by atoms with E-state index >= 15 is 0 Å². The molecule has 1 N–H and O–H groups in total. The molecule has 100 valence electrons. The molecule has 0 bridgehead atoms. The predicted octanol–water partition coefficient (Wildman–Crippen LogP) is 3.27. The monoisotopic (exact) mass is 330 g/mol. The van der Waals surface area contributed by atoms with E-state index in [1.807, 2.05) is 30.3 Å². The standard InChI is InChI=1S/C15H11BrN2O2/c16-14-6-2-1-4-11(14)8-12(9-17)15(19)18-10-13-5-3-7-20-13/h1-8H,10H2,(H,18,19)/b12-8+. The van der Waals surface area contributed by atoms with Crippen LogP contribution in [0.3, 0.4) is 0 Å². The number of hydrogen-bond acceptors (Lipinski definition) is 3. The number of nitrogens with one attached hydrogen (secondary N) is 1. The van der Waals surface area contributed by atoms with Crippen molar-refractivity contribution in [1.82, 2.24) is 5.32 Å². The zero-order chi connectivity index (χ0) is 14.4. The molecular formula is C15H11BrN2O2. The fraction of sp³-hybridized carbons (Fsp3) is 0.0667. The highest BCUT2D eigenvalue weighted by Crippen LogP contribution is 2.18. The van der Waals surface area contributed by atoms with Crippen LogP contribution in [0.4, 0.5) is 0 Å². The molecule has 0 atom stereocenters. The molecule has 1 heterocycles. The van der Waals surface area contributed by atoms with Crippen molar-refractivity contribution in [2.75, 3.05) is 0 Å². The third-order valence-corrected chi connectivity index (χ3v) is 3.30. The van der Waals surface area contributed by atoms with E-state index < -0.39 is 5.91 Å². The molecule has 0 aliphatic carbocycles. The van der Waals surface area contributed by atoms with Crippen LogP contribution in [-0.4, -0.2) is 5.91 Å². The smallest absolute Gasteiger partial charge is 0.262 e. The number of rotatable bonds is 4. The van der Waals surface area contributed by atoms with E-state index in [4.69, 9.17) is 9.68 Å². The number of furan rings is 1. The lowest BCUT2D eigenvalue weighted by molar-refractivity contribution is -0.117. The van der Waals surface area contributed by atoms with Crippen LogP contribution in [0.15, 0.2) is 57.1 Å². The summed E-state index contributed by atoms with van der Waals surface area (Å²) in [5.41, 5.74) is 0.820. The summed E-state index contributed by atoms with van der Waals surface area (Å²) in [7, 11) is 0. The number of carbonyl (C=O) groups excluding carboxylic acids is 1. The van der Waals surface area contributed by atoms with Crippen LogP contribution in [0.2, 0.25) is 0 Å². The van der Waals surface area contributed by atoms with Crippen molar-refractivity contribution >= 4 is 27.9 Å². The highest BCUT2D eigenvalue weighted by Gasteiger charge is 2.10. The first-order valence-corrected chi connectivity index (χ1v) is 6.67. The van der Waals surface area contributed by atoms with Crippen LogP contribution in [0.5, 0.6) is 0 Å². The Hall–Kier alpha value is -2.32. The number of benzene rings is 1. The van der Waals surface area contributed by atoms with E-state index in [0.29, 0.717) is 5.76 Å². The third kappa shape index (κ3) is 3.59. The molecular weight excluding hydrogens is 320 g/mol. The van der Waals surface area contributed by atoms with Crippen LogP contribution in [0, 0.1) is 11.3 Å². The molecule has 0 saturated heterocycles. The number of carbonyl (C=O) groups is 1. The Balaban J connectivity index is 2.10. The van der Waals surface area contributed by atoms with Crippen molar-refractivity contribution in [3.8, 4) is 6.07 Å². The average Bonchev–Trinajstić information content (AvgIpc) is 2.97. The van der Waals surface area contributed by atoms with Gasteiger partial charge in [-0.15, -0.1) is 0 Å². The lowest BCUT2D eigenvalue weighted by Gasteiger charge is -2.03. The van der Waals surface area contributed by atoms with Crippen LogP contribution in [0.25, 0.3) is 6.08 Å². The molecule has 1 amide bonds. The summed E-state index contributed by atoms with van der Waals surface area (Å²) in [5, 5.41) is 11.7. The van der Waals surface area contributed by atoms with Gasteiger partial charge in [0.05, 0.1) is 12.8 Å². The number of hydrogen-bond donors (Lipinski definition) is 1. The summed E-state index contributed by atoms with van der Waals surface area (Å²) in [4.78, 5) is 11.9. The zero-order valence-corrected chi connectivity index (χ0v) is 12.1. The molecule has 0 radical (unpaired) electrons. The van der Waals surface area contributed by atoms with E-state index in [1.165, 1.54) is 6.26 Å². The quantitative estimate of drug-likeness (QED) is 0.691. The van der Waals surface area contributed by atoms with Gasteiger partial charge in [0, 0.05) is 4.47 Å². The second-order valence-electron chi connectivity index (χ2n) is 3.95. The number of nitriles is 1. The van der Waals surface area contributed by atoms with Crippen LogP contribution in [-0.2, 0) is 11.3 Å². The molecule has 0 saturated carbocycles. The Morgan fingerprint density at radius 3 is 2.80 bits per heavy atom. The van der Waals surface area contributed by atoms with Crippen molar-refractivity contribution in [3.63, 3.8) is 0 Å². The molecule has 2 rings (SSSR count). The first-order chi connectivity index (χ1) is 9.70. The number of nitrogens with zero attached hydrogens (tertiary/aromatic N) is 1. The maximum Gasteiger partial charge on any atom is 0.262 e. The van der Waals surface area contributed by atoms with Crippen molar-refractivity contribution in [2.45, 2.75) is 6.54 Å². The minimum Gasteiger partial charge on any atom is -0.467 e. The van der Waals surface area contributed by atoms with Gasteiger partial charge in [0.25, 0.3) is 5.91 Å². The Bertz CT molecular complexity index is 669. The second-order valence-corrected chi connectivity index (χ2v) is 4.81. The molecule has 0 fully saturated rings. The molecule has 0 aliphatic heterocycles. The van der Waals surface area contributed by atoms with E-state index in [2.05, 4.69) is 21.2 Å². The van der Waals surface area contributed by atoms with Crippen LogP contribution >= 0.6 is 15.9 Å². The largest absolute Gasteiger partial charge is 0.467 e. The maximum absolute atomic E-state index is 11.9. The molecule has 5 heteroatoms. The summed E-state index contributed by atoms with van der Waals surface area (Å²) in [6.45, 7) is 0.251. The number of amides is 1. The molecule has 20 heavy (non-hydrogen) atoms. The summed E-state index contributed by atoms with van der Waals surface area (Å²) in [6, 6.07) is 12.8. The summed E-state index contributed by atoms with van der Waals surface area (Å²) in [5.74, 6) is 0.205. The minimum absolute atomic E-state index is 0.0449. The molecule has 0 aliphatic rings. The second kappa shape index (κ2) is 6.73. The van der Waals surface area contributed by atoms with Gasteiger partial charge < -0.3 is 9.73 Å². The molecule has 0 unspecified atom stereocenters. The van der Waals surface area contributed by atoms with E-state index in [-0.39, 0.29) is 12.1 Å². The minimum atomic E-state index is -0.431. The topological polar surface area (TPSA) is 66.0 Å². The number of halogens is 1. The summed E-state index contributed by atoms with van der Waals surface area (Å²) >= 11 is 3.37. The molecule has 4 nitrogen and oxygen atoms in total. The highest BCUT2D eigenvalue weighted by atomic mass is 79.9. The first-order valence-electron chi connectivity index (χ1n) is 5.87. The highest BCUT2D eigenvalue weighted by molar-refractivity contribution is 9.10. The molecule has 2 aromatic rings. The maximum atomic E-state index is 11.9. The van der Waals surface area contributed by atoms with Gasteiger partial charge in [0.1, 0.15) is 17.4 Å². The van der Waals surface area contributed by atoms with Gasteiger partial charge in [-0.25, -0.2) is 0 Å². The van der Waals surface area contributed by atoms with Crippen molar-refractivity contribution in [1.29, 1.82) is 5.26 Å². The third-order valence-electron chi connectivity index (χ3n) is 2.57. The predicted molar refractivity (Wildman–Crippen MR) is 78.3 cm³/mol. The Morgan fingerprint density at radius 1 is 1.35 bits per heavy atom. The SMILES string of the molecule is N#C/C(=C\c1ccccc1Br)C(=O)NCc1ccco1. The normalized spacial score (nSPS) is 10.9. The first kappa shape index (κ1) is 14.1. The van der Waals surface area contributed by atoms with E-state index in [9.17, 15) is 4.79 Å². The Morgan fingerprint density at radius 2 is 2.15 bits per heavy atom. The van der Waals surface area contributed by atoms with Gasteiger partial charge in [-0.3, -0.25) is 4.79 Å². The summed E-state index contributed by atoms with van der Waals surface area (Å²) < 4.78 is 5.94. The molecule has 1 aromatic heterocycles. The van der Waals surface area contributed by atoms with E-state index in [0.717, 1.165) is 10.0 Å². The van der Waals surface area contributed by atoms with Crippen molar-refractivity contribution in [2.24, 2.45) is 0 Å². The van der Waals surface area contributed by atoms with Crippen LogP contribution in [0.1, 0.15) is 11.3 Å². The molecule has 1 aromatic carbocycles. The fourth-order valence-corrected chi connectivity index (χ4v) is 1.97. The Kier molecular flexibility index (Phi) is 4.75.